The molecule has 1 fully saturated rings. The van der Waals surface area contributed by atoms with Crippen LogP contribution in [0.3, 0.4) is 0 Å². The Morgan fingerprint density at radius 3 is 2.62 bits per heavy atom. The second kappa shape index (κ2) is 7.38. The van der Waals surface area contributed by atoms with Crippen LogP contribution < -0.4 is 9.64 Å². The molecule has 0 aromatic heterocycles. The van der Waals surface area contributed by atoms with Gasteiger partial charge in [-0.3, -0.25) is 9.69 Å². The van der Waals surface area contributed by atoms with E-state index in [9.17, 15) is 4.79 Å². The summed E-state index contributed by atoms with van der Waals surface area (Å²) in [7, 11) is 0. The average Bonchev–Trinajstić information content (AvgIpc) is 2.85. The molecule has 6 heteroatoms. The molecule has 0 bridgehead atoms. The summed E-state index contributed by atoms with van der Waals surface area (Å²) in [6.07, 6.45) is 1.82. The number of thioether (sulfide) groups is 1. The second-order valence-corrected chi connectivity index (χ2v) is 7.08. The van der Waals surface area contributed by atoms with Crippen LogP contribution in [0.1, 0.15) is 12.5 Å². The number of hydrogen-bond acceptors (Lipinski definition) is 4. The Hall–Kier alpha value is -1.82. The minimum Gasteiger partial charge on any atom is -0.492 e. The fourth-order valence-electron chi connectivity index (χ4n) is 2.31. The van der Waals surface area contributed by atoms with Gasteiger partial charge in [-0.05, 0) is 42.8 Å². The van der Waals surface area contributed by atoms with Gasteiger partial charge in [-0.1, -0.05) is 59.8 Å². The van der Waals surface area contributed by atoms with Crippen molar-refractivity contribution in [1.82, 2.24) is 0 Å². The highest BCUT2D eigenvalue weighted by molar-refractivity contribution is 8.27. The molecule has 0 atom stereocenters. The van der Waals surface area contributed by atoms with E-state index in [-0.39, 0.29) is 5.91 Å². The van der Waals surface area contributed by atoms with Crippen LogP contribution in [0.15, 0.2) is 53.4 Å². The molecule has 122 valence electrons. The molecule has 3 nitrogen and oxygen atoms in total. The first kappa shape index (κ1) is 17.0. The summed E-state index contributed by atoms with van der Waals surface area (Å²) < 4.78 is 6.11. The zero-order valence-corrected chi connectivity index (χ0v) is 15.3. The predicted molar refractivity (Wildman–Crippen MR) is 105 cm³/mol. The van der Waals surface area contributed by atoms with Crippen molar-refractivity contribution in [2.45, 2.75) is 6.92 Å². The number of rotatable bonds is 4. The third-order valence-electron chi connectivity index (χ3n) is 3.37. The molecule has 0 N–H and O–H groups in total. The number of carbonyl (C=O) groups is 1. The first-order chi connectivity index (χ1) is 11.6. The maximum Gasteiger partial charge on any atom is 0.270 e. The Balaban J connectivity index is 1.94. The first-order valence-corrected chi connectivity index (χ1v) is 8.95. The summed E-state index contributed by atoms with van der Waals surface area (Å²) in [5, 5.41) is 0.658. The maximum atomic E-state index is 12.8. The van der Waals surface area contributed by atoms with Crippen LogP contribution in [-0.4, -0.2) is 16.8 Å². The molecule has 1 aliphatic rings. The van der Waals surface area contributed by atoms with Crippen molar-refractivity contribution in [2.24, 2.45) is 0 Å². The van der Waals surface area contributed by atoms with Gasteiger partial charge in [-0.15, -0.1) is 0 Å². The van der Waals surface area contributed by atoms with Gasteiger partial charge in [0.05, 0.1) is 17.2 Å². The molecule has 24 heavy (non-hydrogen) atoms. The van der Waals surface area contributed by atoms with Gasteiger partial charge in [-0.2, -0.15) is 0 Å². The lowest BCUT2D eigenvalue weighted by molar-refractivity contribution is -0.113. The smallest absolute Gasteiger partial charge is 0.270 e. The molecular formula is C18H14ClNO2S2. The van der Waals surface area contributed by atoms with Crippen LogP contribution in [-0.2, 0) is 4.79 Å². The van der Waals surface area contributed by atoms with Crippen molar-refractivity contribution in [2.75, 3.05) is 11.5 Å². The molecule has 0 aliphatic carbocycles. The number of thiocarbonyl (C=S) groups is 1. The number of hydrogen-bond donors (Lipinski definition) is 0. The molecule has 3 rings (SSSR count). The van der Waals surface area contributed by atoms with E-state index in [4.69, 9.17) is 28.6 Å². The summed E-state index contributed by atoms with van der Waals surface area (Å²) in [6.45, 7) is 2.42. The van der Waals surface area contributed by atoms with E-state index in [1.807, 2.05) is 49.4 Å². The molecule has 2 aromatic carbocycles. The van der Waals surface area contributed by atoms with Gasteiger partial charge >= 0.3 is 0 Å². The number of ether oxygens (including phenoxy) is 1. The van der Waals surface area contributed by atoms with Gasteiger partial charge in [-0.25, -0.2) is 0 Å². The highest BCUT2D eigenvalue weighted by atomic mass is 35.5. The van der Waals surface area contributed by atoms with E-state index in [2.05, 4.69) is 0 Å². The molecular weight excluding hydrogens is 362 g/mol. The predicted octanol–water partition coefficient (Wildman–Crippen LogP) is 5.14. The van der Waals surface area contributed by atoms with Gasteiger partial charge in [0.25, 0.3) is 5.91 Å². The zero-order valence-electron chi connectivity index (χ0n) is 12.9. The molecule has 0 unspecified atom stereocenters. The third kappa shape index (κ3) is 3.48. The molecule has 1 aliphatic heterocycles. The summed E-state index contributed by atoms with van der Waals surface area (Å²) >= 11 is 12.6. The van der Waals surface area contributed by atoms with Crippen molar-refractivity contribution in [3.8, 4) is 5.75 Å². The van der Waals surface area contributed by atoms with E-state index in [1.165, 1.54) is 16.7 Å². The molecule has 2 aromatic rings. The molecule has 1 saturated heterocycles. The van der Waals surface area contributed by atoms with Crippen molar-refractivity contribution in [3.63, 3.8) is 0 Å². The van der Waals surface area contributed by atoms with Crippen LogP contribution in [0.5, 0.6) is 5.75 Å². The highest BCUT2D eigenvalue weighted by Gasteiger charge is 2.34. The number of amides is 1. The highest BCUT2D eigenvalue weighted by Crippen LogP contribution is 2.39. The monoisotopic (exact) mass is 375 g/mol. The van der Waals surface area contributed by atoms with Gasteiger partial charge in [0.2, 0.25) is 0 Å². The lowest BCUT2D eigenvalue weighted by Crippen LogP contribution is -2.28. The van der Waals surface area contributed by atoms with Gasteiger partial charge < -0.3 is 4.74 Å². The average molecular weight is 376 g/mol. The fourth-order valence-corrected chi connectivity index (χ4v) is 3.72. The van der Waals surface area contributed by atoms with Crippen LogP contribution >= 0.6 is 35.6 Å². The summed E-state index contributed by atoms with van der Waals surface area (Å²) in [5.74, 6) is 0.496. The normalized spacial score (nSPS) is 16.1. The van der Waals surface area contributed by atoms with Gasteiger partial charge in [0.1, 0.15) is 5.75 Å². The number of halogens is 1. The fraction of sp³-hybridized carbons (Fsp3) is 0.111. The topological polar surface area (TPSA) is 29.5 Å². The number of carbonyl (C=O) groups excluding carboxylic acids is 1. The number of nitrogens with zero attached hydrogens (tertiary/aromatic N) is 1. The van der Waals surface area contributed by atoms with Gasteiger partial charge in [0.15, 0.2) is 4.32 Å². The molecule has 1 amide bonds. The maximum absolute atomic E-state index is 12.8. The Morgan fingerprint density at radius 2 is 1.92 bits per heavy atom. The molecule has 0 spiro atoms. The number of anilines is 1. The van der Waals surface area contributed by atoms with E-state index < -0.39 is 0 Å². The lowest BCUT2D eigenvalue weighted by atomic mass is 10.2. The van der Waals surface area contributed by atoms with E-state index >= 15 is 0 Å². The van der Waals surface area contributed by atoms with Crippen LogP contribution in [0.4, 0.5) is 5.69 Å². The number of para-hydroxylation sites is 2. The SMILES string of the molecule is CCOc1ccccc1N1C(=O)/C(=C/c2ccc(Cl)cc2)SC1=S. The Kier molecular flexibility index (Phi) is 5.23. The Labute approximate surface area is 155 Å². The van der Waals surface area contributed by atoms with Gasteiger partial charge in [0, 0.05) is 5.02 Å². The van der Waals surface area contributed by atoms with Crippen LogP contribution in [0, 0.1) is 0 Å². The minimum atomic E-state index is -0.146. The van der Waals surface area contributed by atoms with Crippen molar-refractivity contribution < 1.29 is 9.53 Å². The van der Waals surface area contributed by atoms with Crippen LogP contribution in [0.2, 0.25) is 5.02 Å². The molecule has 0 radical (unpaired) electrons. The standard InChI is InChI=1S/C18H14ClNO2S2/c1-2-22-15-6-4-3-5-14(15)20-17(21)16(24-18(20)23)11-12-7-9-13(19)10-8-12/h3-11H,2H2,1H3/b16-11-. The Bertz CT molecular complexity index is 818. The second-order valence-electron chi connectivity index (χ2n) is 4.97. The zero-order chi connectivity index (χ0) is 17.1. The quantitative estimate of drug-likeness (QED) is 0.546. The van der Waals surface area contributed by atoms with E-state index in [0.29, 0.717) is 32.3 Å². The van der Waals surface area contributed by atoms with Crippen LogP contribution in [0.25, 0.3) is 6.08 Å². The van der Waals surface area contributed by atoms with E-state index in [1.54, 1.807) is 12.1 Å². The van der Waals surface area contributed by atoms with Crippen molar-refractivity contribution >= 4 is 57.6 Å². The Morgan fingerprint density at radius 1 is 1.21 bits per heavy atom. The summed E-state index contributed by atoms with van der Waals surface area (Å²) in [6, 6.07) is 14.7. The third-order valence-corrected chi connectivity index (χ3v) is 4.92. The number of benzene rings is 2. The van der Waals surface area contributed by atoms with E-state index in [0.717, 1.165) is 5.56 Å². The lowest BCUT2D eigenvalue weighted by Gasteiger charge is -2.18. The molecule has 1 heterocycles. The first-order valence-electron chi connectivity index (χ1n) is 7.35. The molecule has 0 saturated carbocycles. The summed E-state index contributed by atoms with van der Waals surface area (Å²) in [5.41, 5.74) is 1.57. The van der Waals surface area contributed by atoms with Crippen molar-refractivity contribution in [1.29, 1.82) is 0 Å². The summed E-state index contributed by atoms with van der Waals surface area (Å²) in [4.78, 5) is 14.9. The van der Waals surface area contributed by atoms with Crippen molar-refractivity contribution in [3.05, 3.63) is 64.0 Å². The minimum absolute atomic E-state index is 0.146. The largest absolute Gasteiger partial charge is 0.492 e.